The highest BCUT2D eigenvalue weighted by Crippen LogP contribution is 2.34. The van der Waals surface area contributed by atoms with Crippen LogP contribution in [0.5, 0.6) is 0 Å². The quantitative estimate of drug-likeness (QED) is 0.779. The Hall–Kier alpha value is -2.68. The summed E-state index contributed by atoms with van der Waals surface area (Å²) in [5.41, 5.74) is 4.87. The van der Waals surface area contributed by atoms with Crippen molar-refractivity contribution in [3.8, 4) is 6.07 Å². The molecule has 5 nitrogen and oxygen atoms in total. The van der Waals surface area contributed by atoms with E-state index in [0.717, 1.165) is 25.0 Å². The normalized spacial score (nSPS) is 16.7. The lowest BCUT2D eigenvalue weighted by atomic mass is 9.93. The Balaban J connectivity index is 1.86. The Morgan fingerprint density at radius 1 is 1.33 bits per heavy atom. The molecular weight excluding hydrogens is 336 g/mol. The Labute approximate surface area is 159 Å². The number of likely N-dealkylation sites (N-methyl/N-ethyl adjacent to an activating group) is 1. The van der Waals surface area contributed by atoms with Crippen molar-refractivity contribution < 1.29 is 5.11 Å². The third kappa shape index (κ3) is 3.01. The number of aliphatic hydroxyl groups is 1. The molecule has 0 saturated heterocycles. The first-order valence-corrected chi connectivity index (χ1v) is 9.27. The van der Waals surface area contributed by atoms with Crippen molar-refractivity contribution in [1.82, 2.24) is 14.5 Å². The van der Waals surface area contributed by atoms with Gasteiger partial charge in [0.15, 0.2) is 0 Å². The molecule has 3 heterocycles. The zero-order valence-corrected chi connectivity index (χ0v) is 16.0. The lowest BCUT2D eigenvalue weighted by molar-refractivity contribution is 0.0379. The molecule has 1 aliphatic heterocycles. The predicted molar refractivity (Wildman–Crippen MR) is 105 cm³/mol. The van der Waals surface area contributed by atoms with E-state index in [9.17, 15) is 10.4 Å². The van der Waals surface area contributed by atoms with Crippen LogP contribution in [-0.4, -0.2) is 33.1 Å². The fourth-order valence-electron chi connectivity index (χ4n) is 4.19. The van der Waals surface area contributed by atoms with Crippen molar-refractivity contribution in [3.05, 3.63) is 64.6 Å². The van der Waals surface area contributed by atoms with Crippen LogP contribution in [0.25, 0.3) is 10.9 Å². The maximum atomic E-state index is 11.3. The minimum atomic E-state index is -1.19. The summed E-state index contributed by atoms with van der Waals surface area (Å²) in [6.07, 6.45) is 4.14. The smallest absolute Gasteiger partial charge is 0.107 e. The summed E-state index contributed by atoms with van der Waals surface area (Å²) in [7, 11) is 2.15. The lowest BCUT2D eigenvalue weighted by Gasteiger charge is -2.29. The van der Waals surface area contributed by atoms with Gasteiger partial charge in [0.2, 0.25) is 0 Å². The van der Waals surface area contributed by atoms with Crippen LogP contribution in [0.3, 0.4) is 0 Å². The van der Waals surface area contributed by atoms with Gasteiger partial charge in [-0.15, -0.1) is 0 Å². The van der Waals surface area contributed by atoms with Gasteiger partial charge in [-0.2, -0.15) is 5.26 Å². The molecule has 0 amide bonds. The lowest BCUT2D eigenvalue weighted by Crippen LogP contribution is -2.32. The Morgan fingerprint density at radius 2 is 2.15 bits per heavy atom. The molecule has 0 aliphatic carbocycles. The average molecular weight is 360 g/mol. The highest BCUT2D eigenvalue weighted by Gasteiger charge is 2.31. The van der Waals surface area contributed by atoms with Gasteiger partial charge in [0.05, 0.1) is 18.2 Å². The van der Waals surface area contributed by atoms with Crippen molar-refractivity contribution in [3.63, 3.8) is 0 Å². The predicted octanol–water partition coefficient (Wildman–Crippen LogP) is 3.11. The summed E-state index contributed by atoms with van der Waals surface area (Å²) in [5, 5.41) is 22.0. The molecule has 138 valence electrons. The fourth-order valence-corrected chi connectivity index (χ4v) is 4.19. The number of aromatic nitrogens is 2. The van der Waals surface area contributed by atoms with Crippen molar-refractivity contribution in [2.75, 3.05) is 13.6 Å². The molecule has 27 heavy (non-hydrogen) atoms. The van der Waals surface area contributed by atoms with Crippen LogP contribution in [0.2, 0.25) is 0 Å². The Kier molecular flexibility index (Phi) is 4.26. The SMILES string of the molecule is Cc1ccc2c(c1)c1c(n2CC(C)(O)c2cnccc2C#N)CCN(C)C1. The molecule has 1 unspecified atom stereocenters. The Morgan fingerprint density at radius 3 is 2.93 bits per heavy atom. The highest BCUT2D eigenvalue weighted by molar-refractivity contribution is 5.86. The third-order valence-electron chi connectivity index (χ3n) is 5.59. The summed E-state index contributed by atoms with van der Waals surface area (Å²) in [4.78, 5) is 6.47. The number of benzene rings is 1. The number of hydrogen-bond acceptors (Lipinski definition) is 4. The van der Waals surface area contributed by atoms with Crippen molar-refractivity contribution in [2.24, 2.45) is 0 Å². The number of aryl methyl sites for hydroxylation is 1. The standard InChI is InChI=1S/C22H24N4O/c1-15-4-5-20-17(10-15)18-13-25(3)9-7-21(18)26(20)14-22(2,27)19-12-24-8-6-16(19)11-23/h4-6,8,10,12,27H,7,9,13-14H2,1-3H3. The van der Waals surface area contributed by atoms with Crippen LogP contribution in [-0.2, 0) is 25.1 Å². The number of nitriles is 1. The first kappa shape index (κ1) is 17.7. The molecule has 0 radical (unpaired) electrons. The molecule has 1 aromatic carbocycles. The second-order valence-corrected chi connectivity index (χ2v) is 7.83. The Bertz CT molecular complexity index is 1060. The average Bonchev–Trinajstić information content (AvgIpc) is 2.93. The number of fused-ring (bicyclic) bond motifs is 3. The van der Waals surface area contributed by atoms with E-state index in [0.29, 0.717) is 17.7 Å². The van der Waals surface area contributed by atoms with Gasteiger partial charge >= 0.3 is 0 Å². The molecular formula is C22H24N4O. The van der Waals surface area contributed by atoms with E-state index in [-0.39, 0.29) is 0 Å². The molecule has 0 saturated carbocycles. The molecule has 1 atom stereocenters. The van der Waals surface area contributed by atoms with Crippen LogP contribution < -0.4 is 0 Å². The highest BCUT2D eigenvalue weighted by atomic mass is 16.3. The van der Waals surface area contributed by atoms with Gasteiger partial charge in [-0.3, -0.25) is 4.98 Å². The second kappa shape index (κ2) is 6.49. The van der Waals surface area contributed by atoms with E-state index in [1.807, 2.05) is 0 Å². The molecule has 0 fully saturated rings. The van der Waals surface area contributed by atoms with E-state index in [2.05, 4.69) is 52.7 Å². The molecule has 5 heteroatoms. The largest absolute Gasteiger partial charge is 0.383 e. The molecule has 2 aromatic heterocycles. The number of nitrogens with zero attached hydrogens (tertiary/aromatic N) is 4. The topological polar surface area (TPSA) is 65.1 Å². The minimum Gasteiger partial charge on any atom is -0.383 e. The molecule has 0 spiro atoms. The first-order valence-electron chi connectivity index (χ1n) is 9.27. The molecule has 3 aromatic rings. The van der Waals surface area contributed by atoms with Crippen molar-refractivity contribution in [2.45, 2.75) is 39.0 Å². The van der Waals surface area contributed by atoms with Gasteiger partial charge in [0.1, 0.15) is 5.60 Å². The van der Waals surface area contributed by atoms with Crippen LogP contribution in [0.4, 0.5) is 0 Å². The summed E-state index contributed by atoms with van der Waals surface area (Å²) in [6.45, 7) is 6.19. The summed E-state index contributed by atoms with van der Waals surface area (Å²) >= 11 is 0. The number of pyridine rings is 1. The number of rotatable bonds is 3. The van der Waals surface area contributed by atoms with Gasteiger partial charge < -0.3 is 14.6 Å². The third-order valence-corrected chi connectivity index (χ3v) is 5.59. The molecule has 1 N–H and O–H groups in total. The fraction of sp³-hybridized carbons (Fsp3) is 0.364. The zero-order chi connectivity index (χ0) is 19.2. The van der Waals surface area contributed by atoms with E-state index in [1.165, 1.54) is 22.2 Å². The summed E-state index contributed by atoms with van der Waals surface area (Å²) in [5.74, 6) is 0. The van der Waals surface area contributed by atoms with Gasteiger partial charge in [0.25, 0.3) is 0 Å². The van der Waals surface area contributed by atoms with Gasteiger partial charge in [0, 0.05) is 54.1 Å². The van der Waals surface area contributed by atoms with Crippen LogP contribution >= 0.6 is 0 Å². The molecule has 4 rings (SSSR count). The van der Waals surface area contributed by atoms with E-state index < -0.39 is 5.60 Å². The van der Waals surface area contributed by atoms with E-state index in [4.69, 9.17) is 0 Å². The maximum Gasteiger partial charge on any atom is 0.107 e. The monoisotopic (exact) mass is 360 g/mol. The summed E-state index contributed by atoms with van der Waals surface area (Å²) < 4.78 is 2.24. The second-order valence-electron chi connectivity index (χ2n) is 7.83. The first-order chi connectivity index (χ1) is 12.9. The van der Waals surface area contributed by atoms with Gasteiger partial charge in [-0.05, 0) is 44.7 Å². The van der Waals surface area contributed by atoms with Crippen LogP contribution in [0, 0.1) is 18.3 Å². The van der Waals surface area contributed by atoms with Crippen molar-refractivity contribution in [1.29, 1.82) is 5.26 Å². The number of hydrogen-bond donors (Lipinski definition) is 1. The van der Waals surface area contributed by atoms with Gasteiger partial charge in [-0.1, -0.05) is 11.6 Å². The molecule has 0 bridgehead atoms. The molecule has 1 aliphatic rings. The van der Waals surface area contributed by atoms with E-state index >= 15 is 0 Å². The zero-order valence-electron chi connectivity index (χ0n) is 16.0. The maximum absolute atomic E-state index is 11.3. The van der Waals surface area contributed by atoms with Crippen LogP contribution in [0.15, 0.2) is 36.7 Å². The van der Waals surface area contributed by atoms with Crippen molar-refractivity contribution >= 4 is 10.9 Å². The van der Waals surface area contributed by atoms with Gasteiger partial charge in [-0.25, -0.2) is 0 Å². The minimum absolute atomic E-state index is 0.395. The van der Waals surface area contributed by atoms with Crippen LogP contribution in [0.1, 0.15) is 34.9 Å². The van der Waals surface area contributed by atoms with E-state index in [1.54, 1.807) is 25.4 Å². The summed E-state index contributed by atoms with van der Waals surface area (Å²) in [6, 6.07) is 10.3.